The summed E-state index contributed by atoms with van der Waals surface area (Å²) < 4.78 is 21.0. The first-order valence-electron chi connectivity index (χ1n) is 9.00. The molecule has 0 saturated heterocycles. The summed E-state index contributed by atoms with van der Waals surface area (Å²) in [7, 11) is 1.55. The number of benzene rings is 1. The van der Waals surface area contributed by atoms with E-state index in [0.717, 1.165) is 11.3 Å². The molecule has 4 aromatic rings. The SMILES string of the molecule is COc1cc(-c2ncc(C)c(Nc3ccncc3)n2)nn1Cc1ccccc1F. The lowest BCUT2D eigenvalue weighted by molar-refractivity contribution is 0.365. The van der Waals surface area contributed by atoms with E-state index in [1.807, 2.05) is 19.1 Å². The number of methoxy groups -OCH3 is 1. The zero-order chi connectivity index (χ0) is 20.2. The molecule has 0 aliphatic rings. The number of nitrogens with one attached hydrogen (secondary N) is 1. The van der Waals surface area contributed by atoms with Gasteiger partial charge in [0.2, 0.25) is 5.88 Å². The van der Waals surface area contributed by atoms with Crippen LogP contribution in [0.1, 0.15) is 11.1 Å². The number of rotatable bonds is 6. The van der Waals surface area contributed by atoms with Crippen molar-refractivity contribution in [2.24, 2.45) is 0 Å². The molecule has 29 heavy (non-hydrogen) atoms. The second-order valence-electron chi connectivity index (χ2n) is 6.41. The highest BCUT2D eigenvalue weighted by molar-refractivity contribution is 5.61. The van der Waals surface area contributed by atoms with E-state index in [1.54, 1.807) is 54.6 Å². The van der Waals surface area contributed by atoms with Gasteiger partial charge in [-0.2, -0.15) is 5.10 Å². The fourth-order valence-corrected chi connectivity index (χ4v) is 2.84. The van der Waals surface area contributed by atoms with Crippen LogP contribution in [0.5, 0.6) is 5.88 Å². The number of aromatic nitrogens is 5. The summed E-state index contributed by atoms with van der Waals surface area (Å²) >= 11 is 0. The number of ether oxygens (including phenoxy) is 1. The van der Waals surface area contributed by atoms with Gasteiger partial charge >= 0.3 is 0 Å². The van der Waals surface area contributed by atoms with Crippen LogP contribution in [0.2, 0.25) is 0 Å². The molecule has 3 aromatic heterocycles. The molecule has 1 N–H and O–H groups in total. The summed E-state index contributed by atoms with van der Waals surface area (Å²) in [5.41, 5.74) is 2.82. The van der Waals surface area contributed by atoms with Crippen molar-refractivity contribution in [3.63, 3.8) is 0 Å². The monoisotopic (exact) mass is 390 g/mol. The molecule has 0 spiro atoms. The largest absolute Gasteiger partial charge is 0.481 e. The zero-order valence-corrected chi connectivity index (χ0v) is 16.0. The van der Waals surface area contributed by atoms with Crippen LogP contribution in [0.15, 0.2) is 61.1 Å². The molecule has 0 atom stereocenters. The van der Waals surface area contributed by atoms with E-state index in [2.05, 4.69) is 25.4 Å². The van der Waals surface area contributed by atoms with Crippen molar-refractivity contribution in [3.05, 3.63) is 78.0 Å². The van der Waals surface area contributed by atoms with Crippen LogP contribution in [-0.4, -0.2) is 31.8 Å². The fourth-order valence-electron chi connectivity index (χ4n) is 2.84. The van der Waals surface area contributed by atoms with Crippen molar-refractivity contribution in [3.8, 4) is 17.4 Å². The third-order valence-electron chi connectivity index (χ3n) is 4.37. The molecule has 0 aliphatic heterocycles. The van der Waals surface area contributed by atoms with Crippen molar-refractivity contribution in [2.45, 2.75) is 13.5 Å². The number of halogens is 1. The Bertz CT molecular complexity index is 1130. The molecule has 0 saturated carbocycles. The zero-order valence-electron chi connectivity index (χ0n) is 16.0. The Balaban J connectivity index is 1.65. The average molecular weight is 390 g/mol. The van der Waals surface area contributed by atoms with Gasteiger partial charge in [-0.3, -0.25) is 4.98 Å². The van der Waals surface area contributed by atoms with Gasteiger partial charge in [0.25, 0.3) is 0 Å². The molecule has 0 unspecified atom stereocenters. The second-order valence-corrected chi connectivity index (χ2v) is 6.41. The summed E-state index contributed by atoms with van der Waals surface area (Å²) in [5, 5.41) is 7.79. The van der Waals surface area contributed by atoms with Crippen LogP contribution in [-0.2, 0) is 6.54 Å². The minimum atomic E-state index is -0.290. The molecule has 0 bridgehead atoms. The summed E-state index contributed by atoms with van der Waals surface area (Å²) in [6.45, 7) is 2.16. The van der Waals surface area contributed by atoms with Gasteiger partial charge < -0.3 is 10.1 Å². The molecular formula is C21H19FN6O. The first-order chi connectivity index (χ1) is 14.1. The van der Waals surface area contributed by atoms with Gasteiger partial charge in [0.15, 0.2) is 5.82 Å². The van der Waals surface area contributed by atoms with Crippen LogP contribution in [0.4, 0.5) is 15.9 Å². The van der Waals surface area contributed by atoms with E-state index in [4.69, 9.17) is 4.74 Å². The number of pyridine rings is 1. The second kappa shape index (κ2) is 8.05. The van der Waals surface area contributed by atoms with Crippen molar-refractivity contribution in [1.82, 2.24) is 24.7 Å². The van der Waals surface area contributed by atoms with E-state index in [0.29, 0.717) is 28.8 Å². The van der Waals surface area contributed by atoms with Crippen molar-refractivity contribution in [1.29, 1.82) is 0 Å². The third kappa shape index (κ3) is 4.06. The Hall–Kier alpha value is -3.81. The van der Waals surface area contributed by atoms with Gasteiger partial charge in [0, 0.05) is 41.5 Å². The molecule has 4 rings (SSSR count). The molecule has 8 heteroatoms. The van der Waals surface area contributed by atoms with Gasteiger partial charge in [-0.05, 0) is 25.1 Å². The maximum atomic E-state index is 14.0. The molecule has 0 amide bonds. The van der Waals surface area contributed by atoms with Crippen LogP contribution in [0.3, 0.4) is 0 Å². The number of nitrogens with zero attached hydrogens (tertiary/aromatic N) is 5. The Kier molecular flexibility index (Phi) is 5.15. The molecule has 7 nitrogen and oxygen atoms in total. The molecule has 0 aliphatic carbocycles. The highest BCUT2D eigenvalue weighted by Gasteiger charge is 2.15. The number of hydrogen-bond acceptors (Lipinski definition) is 6. The first kappa shape index (κ1) is 18.5. The number of anilines is 2. The summed E-state index contributed by atoms with van der Waals surface area (Å²) in [5.74, 6) is 1.32. The van der Waals surface area contributed by atoms with Crippen LogP contribution < -0.4 is 10.1 Å². The lowest BCUT2D eigenvalue weighted by atomic mass is 10.2. The normalized spacial score (nSPS) is 10.7. The molecule has 0 radical (unpaired) electrons. The summed E-state index contributed by atoms with van der Waals surface area (Å²) in [4.78, 5) is 13.0. The predicted octanol–water partition coefficient (Wildman–Crippen LogP) is 3.98. The summed E-state index contributed by atoms with van der Waals surface area (Å²) in [6.07, 6.45) is 5.14. The Labute approximate surface area is 167 Å². The van der Waals surface area contributed by atoms with Gasteiger partial charge in [-0.1, -0.05) is 18.2 Å². The Morgan fingerprint density at radius 1 is 1.14 bits per heavy atom. The molecular weight excluding hydrogens is 371 g/mol. The van der Waals surface area contributed by atoms with Crippen LogP contribution >= 0.6 is 0 Å². The number of hydrogen-bond donors (Lipinski definition) is 1. The summed E-state index contributed by atoms with van der Waals surface area (Å²) in [6, 6.07) is 12.0. The molecule has 0 fully saturated rings. The minimum Gasteiger partial charge on any atom is -0.481 e. The van der Waals surface area contributed by atoms with E-state index in [-0.39, 0.29) is 12.4 Å². The topological polar surface area (TPSA) is 77.8 Å². The standard InChI is InChI=1S/C21H19FN6O/c1-14-12-24-21(26-20(14)25-16-7-9-23-10-8-16)18-11-19(29-2)28(27-18)13-15-5-3-4-6-17(15)22/h3-12H,13H2,1-2H3,(H,23,24,25,26). The molecule has 3 heterocycles. The van der Waals surface area contributed by atoms with Gasteiger partial charge in [-0.15, -0.1) is 0 Å². The number of aryl methyl sites for hydroxylation is 1. The lowest BCUT2D eigenvalue weighted by Crippen LogP contribution is -2.06. The van der Waals surface area contributed by atoms with E-state index < -0.39 is 0 Å². The van der Waals surface area contributed by atoms with Crippen LogP contribution in [0.25, 0.3) is 11.5 Å². The first-order valence-corrected chi connectivity index (χ1v) is 9.00. The quantitative estimate of drug-likeness (QED) is 0.537. The Morgan fingerprint density at radius 2 is 1.93 bits per heavy atom. The Morgan fingerprint density at radius 3 is 2.69 bits per heavy atom. The predicted molar refractivity (Wildman–Crippen MR) is 108 cm³/mol. The van der Waals surface area contributed by atoms with Crippen molar-refractivity contribution < 1.29 is 9.13 Å². The van der Waals surface area contributed by atoms with Crippen LogP contribution in [0, 0.1) is 12.7 Å². The van der Waals surface area contributed by atoms with E-state index in [1.165, 1.54) is 6.07 Å². The fraction of sp³-hybridized carbons (Fsp3) is 0.143. The van der Waals surface area contributed by atoms with Crippen molar-refractivity contribution in [2.75, 3.05) is 12.4 Å². The maximum absolute atomic E-state index is 14.0. The maximum Gasteiger partial charge on any atom is 0.212 e. The van der Waals surface area contributed by atoms with Gasteiger partial charge in [0.05, 0.1) is 13.7 Å². The third-order valence-corrected chi connectivity index (χ3v) is 4.37. The smallest absolute Gasteiger partial charge is 0.212 e. The molecule has 146 valence electrons. The minimum absolute atomic E-state index is 0.240. The average Bonchev–Trinajstić information content (AvgIpc) is 3.15. The van der Waals surface area contributed by atoms with Gasteiger partial charge in [0.1, 0.15) is 17.3 Å². The lowest BCUT2D eigenvalue weighted by Gasteiger charge is -2.09. The van der Waals surface area contributed by atoms with E-state index >= 15 is 0 Å². The van der Waals surface area contributed by atoms with Crippen molar-refractivity contribution >= 4 is 11.5 Å². The highest BCUT2D eigenvalue weighted by atomic mass is 19.1. The van der Waals surface area contributed by atoms with Gasteiger partial charge in [-0.25, -0.2) is 19.0 Å². The van der Waals surface area contributed by atoms with E-state index in [9.17, 15) is 4.39 Å². The highest BCUT2D eigenvalue weighted by Crippen LogP contribution is 2.25. The molecule has 1 aromatic carbocycles.